The minimum absolute atomic E-state index is 0.0463. The number of hydrogen-bond donors (Lipinski definition) is 1. The topological polar surface area (TPSA) is 21.3 Å². The van der Waals surface area contributed by atoms with Gasteiger partial charge in [-0.15, -0.1) is 0 Å². The van der Waals surface area contributed by atoms with Crippen molar-refractivity contribution in [1.82, 2.24) is 0 Å². The molecule has 2 heterocycles. The first-order valence-electron chi connectivity index (χ1n) is 9.32. The van der Waals surface area contributed by atoms with E-state index in [1.165, 1.54) is 23.8 Å². The first-order chi connectivity index (χ1) is 12.3. The summed E-state index contributed by atoms with van der Waals surface area (Å²) in [5.41, 5.74) is 3.77. The second-order valence-corrected chi connectivity index (χ2v) is 8.44. The number of halogens is 2. The largest absolute Gasteiger partial charge is 0.377 e. The summed E-state index contributed by atoms with van der Waals surface area (Å²) in [7, 11) is 0. The Kier molecular flexibility index (Phi) is 4.26. The highest BCUT2D eigenvalue weighted by Gasteiger charge is 2.41. The molecule has 26 heavy (non-hydrogen) atoms. The van der Waals surface area contributed by atoms with Crippen LogP contribution in [0.1, 0.15) is 62.4 Å². The summed E-state index contributed by atoms with van der Waals surface area (Å²) in [6.45, 7) is 7.28. The Morgan fingerprint density at radius 2 is 1.85 bits per heavy atom. The van der Waals surface area contributed by atoms with Crippen LogP contribution in [0.25, 0.3) is 0 Å². The van der Waals surface area contributed by atoms with Crippen LogP contribution in [0.5, 0.6) is 0 Å². The van der Waals surface area contributed by atoms with E-state index in [9.17, 15) is 8.78 Å². The van der Waals surface area contributed by atoms with Crippen molar-refractivity contribution in [2.75, 3.05) is 11.9 Å². The number of fused-ring (bicyclic) bond motifs is 3. The number of rotatable bonds is 1. The second kappa shape index (κ2) is 6.34. The molecule has 2 aromatic rings. The lowest BCUT2D eigenvalue weighted by molar-refractivity contribution is -0.0385. The molecule has 2 aliphatic rings. The average Bonchev–Trinajstić information content (AvgIpc) is 2.62. The quantitative estimate of drug-likeness (QED) is 0.686. The maximum absolute atomic E-state index is 14.5. The maximum atomic E-state index is 14.5. The van der Waals surface area contributed by atoms with E-state index in [1.807, 2.05) is 6.07 Å². The standard InChI is InChI=1S/C22H25F2NO/c1-22(2,3)13-6-9-19-17(11-13)21-15(5-4-10-26-21)20(25-19)16-12-14(23)7-8-18(16)24/h6-9,11-12,15,20-21,25H,4-5,10H2,1-3H3. The summed E-state index contributed by atoms with van der Waals surface area (Å²) >= 11 is 0. The molecule has 3 unspecified atom stereocenters. The smallest absolute Gasteiger partial charge is 0.128 e. The molecule has 2 nitrogen and oxygen atoms in total. The van der Waals surface area contributed by atoms with Gasteiger partial charge in [-0.25, -0.2) is 8.78 Å². The number of hydrogen-bond acceptors (Lipinski definition) is 2. The van der Waals surface area contributed by atoms with E-state index in [0.717, 1.165) is 24.1 Å². The fourth-order valence-corrected chi connectivity index (χ4v) is 4.20. The van der Waals surface area contributed by atoms with Gasteiger partial charge in [-0.1, -0.05) is 32.9 Å². The van der Waals surface area contributed by atoms with E-state index in [2.05, 4.69) is 38.2 Å². The summed E-state index contributed by atoms with van der Waals surface area (Å²) in [5.74, 6) is -0.698. The highest BCUT2D eigenvalue weighted by Crippen LogP contribution is 2.50. The summed E-state index contributed by atoms with van der Waals surface area (Å²) in [6.07, 6.45) is 1.78. The van der Waals surface area contributed by atoms with Crippen LogP contribution in [-0.4, -0.2) is 6.61 Å². The lowest BCUT2D eigenvalue weighted by Crippen LogP contribution is -2.36. The normalized spacial score (nSPS) is 25.2. The van der Waals surface area contributed by atoms with Gasteiger partial charge in [0.15, 0.2) is 0 Å². The first kappa shape index (κ1) is 17.5. The molecule has 0 amide bonds. The van der Waals surface area contributed by atoms with Gasteiger partial charge in [0, 0.05) is 29.3 Å². The van der Waals surface area contributed by atoms with Crippen LogP contribution in [0.2, 0.25) is 0 Å². The van der Waals surface area contributed by atoms with Gasteiger partial charge in [-0.05, 0) is 48.1 Å². The van der Waals surface area contributed by atoms with E-state index in [-0.39, 0.29) is 29.3 Å². The van der Waals surface area contributed by atoms with Crippen molar-refractivity contribution in [2.45, 2.75) is 51.2 Å². The molecule has 3 atom stereocenters. The van der Waals surface area contributed by atoms with Gasteiger partial charge in [0.05, 0.1) is 12.1 Å². The van der Waals surface area contributed by atoms with E-state index in [4.69, 9.17) is 4.74 Å². The van der Waals surface area contributed by atoms with Crippen LogP contribution in [0, 0.1) is 17.6 Å². The predicted octanol–water partition coefficient (Wildman–Crippen LogP) is 5.90. The fraction of sp³-hybridized carbons (Fsp3) is 0.455. The maximum Gasteiger partial charge on any atom is 0.128 e. The van der Waals surface area contributed by atoms with Crippen LogP contribution >= 0.6 is 0 Å². The van der Waals surface area contributed by atoms with Gasteiger partial charge in [-0.3, -0.25) is 0 Å². The third-order valence-electron chi connectivity index (χ3n) is 5.62. The van der Waals surface area contributed by atoms with E-state index in [0.29, 0.717) is 12.2 Å². The van der Waals surface area contributed by atoms with Crippen LogP contribution in [0.15, 0.2) is 36.4 Å². The Bertz CT molecular complexity index is 827. The molecule has 138 valence electrons. The molecule has 0 spiro atoms. The van der Waals surface area contributed by atoms with Crippen molar-refractivity contribution in [1.29, 1.82) is 0 Å². The highest BCUT2D eigenvalue weighted by atomic mass is 19.1. The van der Waals surface area contributed by atoms with Crippen LogP contribution in [-0.2, 0) is 10.2 Å². The molecule has 1 saturated heterocycles. The molecule has 0 saturated carbocycles. The average molecular weight is 357 g/mol. The van der Waals surface area contributed by atoms with Gasteiger partial charge in [0.2, 0.25) is 0 Å². The molecule has 0 bridgehead atoms. The zero-order valence-corrected chi connectivity index (χ0v) is 15.5. The van der Waals surface area contributed by atoms with Gasteiger partial charge in [0.25, 0.3) is 0 Å². The van der Waals surface area contributed by atoms with E-state index in [1.54, 1.807) is 0 Å². The lowest BCUT2D eigenvalue weighted by Gasteiger charge is -2.44. The predicted molar refractivity (Wildman–Crippen MR) is 99.3 cm³/mol. The molecule has 4 heteroatoms. The second-order valence-electron chi connectivity index (χ2n) is 8.44. The molecule has 0 aromatic heterocycles. The fourth-order valence-electron chi connectivity index (χ4n) is 4.20. The van der Waals surface area contributed by atoms with Gasteiger partial charge in [-0.2, -0.15) is 0 Å². The molecule has 4 rings (SSSR count). The molecule has 2 aliphatic heterocycles. The highest BCUT2D eigenvalue weighted by molar-refractivity contribution is 5.59. The van der Waals surface area contributed by atoms with Gasteiger partial charge < -0.3 is 10.1 Å². The third-order valence-corrected chi connectivity index (χ3v) is 5.62. The monoisotopic (exact) mass is 357 g/mol. The van der Waals surface area contributed by atoms with Crippen molar-refractivity contribution >= 4 is 5.69 Å². The van der Waals surface area contributed by atoms with Crippen LogP contribution < -0.4 is 5.32 Å². The molecular formula is C22H25F2NO. The van der Waals surface area contributed by atoms with Gasteiger partial charge >= 0.3 is 0 Å². The summed E-state index contributed by atoms with van der Waals surface area (Å²) in [6, 6.07) is 9.77. The van der Waals surface area contributed by atoms with Crippen molar-refractivity contribution in [3.8, 4) is 0 Å². The summed E-state index contributed by atoms with van der Waals surface area (Å²) < 4.78 is 34.4. The Morgan fingerprint density at radius 1 is 1.04 bits per heavy atom. The SMILES string of the molecule is CC(C)(C)c1ccc2c(c1)C1OCCCC1C(c1cc(F)ccc1F)N2. The minimum Gasteiger partial charge on any atom is -0.377 e. The Hall–Kier alpha value is -1.94. The Balaban J connectivity index is 1.80. The molecule has 0 radical (unpaired) electrons. The van der Waals surface area contributed by atoms with E-state index < -0.39 is 5.82 Å². The minimum atomic E-state index is -0.412. The van der Waals surface area contributed by atoms with Crippen molar-refractivity contribution < 1.29 is 13.5 Å². The van der Waals surface area contributed by atoms with Crippen molar-refractivity contribution in [2.24, 2.45) is 5.92 Å². The van der Waals surface area contributed by atoms with Crippen LogP contribution in [0.4, 0.5) is 14.5 Å². The first-order valence-corrected chi connectivity index (χ1v) is 9.32. The molecular weight excluding hydrogens is 332 g/mol. The zero-order valence-electron chi connectivity index (χ0n) is 15.5. The Labute approximate surface area is 153 Å². The Morgan fingerprint density at radius 3 is 2.62 bits per heavy atom. The van der Waals surface area contributed by atoms with E-state index >= 15 is 0 Å². The van der Waals surface area contributed by atoms with Crippen LogP contribution in [0.3, 0.4) is 0 Å². The number of nitrogens with one attached hydrogen (secondary N) is 1. The molecule has 1 N–H and O–H groups in total. The van der Waals surface area contributed by atoms with Crippen molar-refractivity contribution in [3.05, 3.63) is 64.7 Å². The number of anilines is 1. The molecule has 0 aliphatic carbocycles. The molecule has 1 fully saturated rings. The van der Waals surface area contributed by atoms with Crippen molar-refractivity contribution in [3.63, 3.8) is 0 Å². The third kappa shape index (κ3) is 3.01. The zero-order chi connectivity index (χ0) is 18.5. The number of benzene rings is 2. The molecule has 2 aromatic carbocycles. The lowest BCUT2D eigenvalue weighted by atomic mass is 9.75. The van der Waals surface area contributed by atoms with Gasteiger partial charge in [0.1, 0.15) is 11.6 Å². The summed E-state index contributed by atoms with van der Waals surface area (Å²) in [5, 5.41) is 3.47. The summed E-state index contributed by atoms with van der Waals surface area (Å²) in [4.78, 5) is 0. The number of ether oxygens (including phenoxy) is 1.